The largest absolute Gasteiger partial charge is 0.394 e. The molecule has 2 amide bonds. The van der Waals surface area contributed by atoms with Crippen molar-refractivity contribution in [2.75, 3.05) is 6.61 Å². The van der Waals surface area contributed by atoms with Gasteiger partial charge in [-0.05, 0) is 17.5 Å². The molecule has 1 aromatic carbocycles. The van der Waals surface area contributed by atoms with Crippen LogP contribution in [0.1, 0.15) is 29.8 Å². The number of benzene rings is 1. The van der Waals surface area contributed by atoms with Crippen LogP contribution in [0.15, 0.2) is 24.3 Å². The van der Waals surface area contributed by atoms with Crippen molar-refractivity contribution in [3.05, 3.63) is 35.4 Å². The highest BCUT2D eigenvalue weighted by molar-refractivity contribution is 6.10. The number of carbonyl (C=O) groups excluding carboxylic acids is 2. The summed E-state index contributed by atoms with van der Waals surface area (Å²) in [5.74, 6) is -0.491. The lowest BCUT2D eigenvalue weighted by Crippen LogP contribution is -2.52. The van der Waals surface area contributed by atoms with Gasteiger partial charge in [0.15, 0.2) is 0 Å². The molecule has 1 atom stereocenters. The molecule has 0 saturated carbocycles. The zero-order chi connectivity index (χ0) is 13.3. The minimum Gasteiger partial charge on any atom is -0.394 e. The SMILES string of the molecule is CC(C)C(CO)N1C(=O)Cc2ccccc2C1=O. The van der Waals surface area contributed by atoms with Gasteiger partial charge in [-0.3, -0.25) is 14.5 Å². The fourth-order valence-corrected chi connectivity index (χ4v) is 2.30. The van der Waals surface area contributed by atoms with Crippen molar-refractivity contribution in [1.82, 2.24) is 4.90 Å². The van der Waals surface area contributed by atoms with Crippen molar-refractivity contribution in [2.45, 2.75) is 26.3 Å². The number of aliphatic hydroxyl groups excluding tert-OH is 1. The van der Waals surface area contributed by atoms with E-state index < -0.39 is 6.04 Å². The molecule has 1 heterocycles. The monoisotopic (exact) mass is 247 g/mol. The number of imide groups is 1. The third-order valence-corrected chi connectivity index (χ3v) is 3.37. The number of aliphatic hydroxyl groups is 1. The van der Waals surface area contributed by atoms with Crippen LogP contribution in [0.4, 0.5) is 0 Å². The first kappa shape index (κ1) is 12.8. The molecule has 4 heteroatoms. The molecule has 96 valence electrons. The summed E-state index contributed by atoms with van der Waals surface area (Å²) in [7, 11) is 0. The van der Waals surface area contributed by atoms with Crippen LogP contribution in [0, 0.1) is 5.92 Å². The van der Waals surface area contributed by atoms with E-state index in [1.54, 1.807) is 18.2 Å². The Morgan fingerprint density at radius 3 is 2.56 bits per heavy atom. The Hall–Kier alpha value is -1.68. The van der Waals surface area contributed by atoms with Gasteiger partial charge in [0.1, 0.15) is 0 Å². The Bertz CT molecular complexity index is 482. The molecule has 1 N–H and O–H groups in total. The average molecular weight is 247 g/mol. The van der Waals surface area contributed by atoms with Crippen molar-refractivity contribution < 1.29 is 14.7 Å². The number of rotatable bonds is 3. The third-order valence-electron chi connectivity index (χ3n) is 3.37. The summed E-state index contributed by atoms with van der Waals surface area (Å²) in [5, 5.41) is 9.39. The molecule has 0 radical (unpaired) electrons. The average Bonchev–Trinajstić information content (AvgIpc) is 2.34. The van der Waals surface area contributed by atoms with Crippen molar-refractivity contribution in [3.63, 3.8) is 0 Å². The maximum atomic E-state index is 12.3. The van der Waals surface area contributed by atoms with E-state index in [1.165, 1.54) is 4.90 Å². The molecular formula is C14H17NO3. The molecule has 0 saturated heterocycles. The molecular weight excluding hydrogens is 230 g/mol. The Morgan fingerprint density at radius 1 is 1.28 bits per heavy atom. The Kier molecular flexibility index (Phi) is 3.48. The first-order valence-electron chi connectivity index (χ1n) is 6.11. The maximum absolute atomic E-state index is 12.3. The first-order chi connectivity index (χ1) is 8.56. The highest BCUT2D eigenvalue weighted by Gasteiger charge is 2.36. The number of carbonyl (C=O) groups is 2. The van der Waals surface area contributed by atoms with E-state index in [1.807, 2.05) is 19.9 Å². The number of hydrogen-bond acceptors (Lipinski definition) is 3. The standard InChI is InChI=1S/C14H17NO3/c1-9(2)12(8-16)15-13(17)7-10-5-3-4-6-11(10)14(15)18/h3-6,9,12,16H,7-8H2,1-2H3. The number of amides is 2. The summed E-state index contributed by atoms with van der Waals surface area (Å²) in [6, 6.07) is 6.69. The minimum atomic E-state index is -0.446. The van der Waals surface area contributed by atoms with E-state index in [0.29, 0.717) is 5.56 Å². The summed E-state index contributed by atoms with van der Waals surface area (Å²) >= 11 is 0. The maximum Gasteiger partial charge on any atom is 0.261 e. The van der Waals surface area contributed by atoms with Gasteiger partial charge in [-0.25, -0.2) is 0 Å². The van der Waals surface area contributed by atoms with Crippen LogP contribution in [0.25, 0.3) is 0 Å². The summed E-state index contributed by atoms with van der Waals surface area (Å²) in [6.07, 6.45) is 0.227. The lowest BCUT2D eigenvalue weighted by atomic mass is 9.94. The molecule has 0 bridgehead atoms. The minimum absolute atomic E-state index is 0.0353. The van der Waals surface area contributed by atoms with Crippen LogP contribution in [-0.2, 0) is 11.2 Å². The predicted molar refractivity (Wildman–Crippen MR) is 67.0 cm³/mol. The number of hydrogen-bond donors (Lipinski definition) is 1. The Balaban J connectivity index is 2.40. The van der Waals surface area contributed by atoms with Crippen LogP contribution in [0.5, 0.6) is 0 Å². The summed E-state index contributed by atoms with van der Waals surface area (Å²) < 4.78 is 0. The molecule has 1 aromatic rings. The van der Waals surface area contributed by atoms with E-state index in [-0.39, 0.29) is 30.8 Å². The zero-order valence-corrected chi connectivity index (χ0v) is 10.6. The van der Waals surface area contributed by atoms with Gasteiger partial charge in [-0.15, -0.1) is 0 Å². The van der Waals surface area contributed by atoms with Gasteiger partial charge in [-0.1, -0.05) is 32.0 Å². The van der Waals surface area contributed by atoms with Gasteiger partial charge in [0.25, 0.3) is 5.91 Å². The second kappa shape index (κ2) is 4.90. The van der Waals surface area contributed by atoms with Gasteiger partial charge in [-0.2, -0.15) is 0 Å². The summed E-state index contributed by atoms with van der Waals surface area (Å²) in [6.45, 7) is 3.58. The Morgan fingerprint density at radius 2 is 1.94 bits per heavy atom. The first-order valence-corrected chi connectivity index (χ1v) is 6.11. The van der Waals surface area contributed by atoms with E-state index >= 15 is 0 Å². The lowest BCUT2D eigenvalue weighted by Gasteiger charge is -2.34. The predicted octanol–water partition coefficient (Wildman–Crippen LogP) is 1.23. The summed E-state index contributed by atoms with van der Waals surface area (Å²) in [5.41, 5.74) is 1.33. The molecule has 0 fully saturated rings. The van der Waals surface area contributed by atoms with E-state index in [4.69, 9.17) is 0 Å². The van der Waals surface area contributed by atoms with Crippen LogP contribution in [0.2, 0.25) is 0 Å². The molecule has 4 nitrogen and oxygen atoms in total. The van der Waals surface area contributed by atoms with Crippen molar-refractivity contribution in [1.29, 1.82) is 0 Å². The van der Waals surface area contributed by atoms with Gasteiger partial charge < -0.3 is 5.11 Å². The normalized spacial score (nSPS) is 17.0. The van der Waals surface area contributed by atoms with E-state index in [9.17, 15) is 14.7 Å². The highest BCUT2D eigenvalue weighted by Crippen LogP contribution is 2.23. The van der Waals surface area contributed by atoms with Crippen molar-refractivity contribution in [3.8, 4) is 0 Å². The fraction of sp³-hybridized carbons (Fsp3) is 0.429. The van der Waals surface area contributed by atoms with Crippen LogP contribution in [-0.4, -0.2) is 34.5 Å². The topological polar surface area (TPSA) is 57.6 Å². The number of fused-ring (bicyclic) bond motifs is 1. The molecule has 1 aliphatic heterocycles. The fourth-order valence-electron chi connectivity index (χ4n) is 2.30. The van der Waals surface area contributed by atoms with E-state index in [2.05, 4.69) is 0 Å². The van der Waals surface area contributed by atoms with Crippen LogP contribution in [0.3, 0.4) is 0 Å². The molecule has 1 unspecified atom stereocenters. The van der Waals surface area contributed by atoms with Gasteiger partial charge in [0, 0.05) is 5.56 Å². The van der Waals surface area contributed by atoms with Crippen LogP contribution < -0.4 is 0 Å². The molecule has 0 spiro atoms. The quantitative estimate of drug-likeness (QED) is 0.817. The third kappa shape index (κ3) is 2.04. The second-order valence-electron chi connectivity index (χ2n) is 4.90. The lowest BCUT2D eigenvalue weighted by molar-refractivity contribution is -0.131. The van der Waals surface area contributed by atoms with Gasteiger partial charge in [0.2, 0.25) is 5.91 Å². The molecule has 2 rings (SSSR count). The van der Waals surface area contributed by atoms with Gasteiger partial charge >= 0.3 is 0 Å². The van der Waals surface area contributed by atoms with Crippen molar-refractivity contribution >= 4 is 11.8 Å². The van der Waals surface area contributed by atoms with Gasteiger partial charge in [0.05, 0.1) is 19.1 Å². The molecule has 0 aliphatic carbocycles. The Labute approximate surface area is 106 Å². The summed E-state index contributed by atoms with van der Waals surface area (Å²) in [4.78, 5) is 25.6. The van der Waals surface area contributed by atoms with Crippen molar-refractivity contribution in [2.24, 2.45) is 5.92 Å². The zero-order valence-electron chi connectivity index (χ0n) is 10.6. The van der Waals surface area contributed by atoms with E-state index in [0.717, 1.165) is 5.56 Å². The number of nitrogens with zero attached hydrogens (tertiary/aromatic N) is 1. The van der Waals surface area contributed by atoms with Crippen LogP contribution >= 0.6 is 0 Å². The second-order valence-corrected chi connectivity index (χ2v) is 4.90. The molecule has 1 aliphatic rings. The smallest absolute Gasteiger partial charge is 0.261 e. The highest BCUT2D eigenvalue weighted by atomic mass is 16.3. The molecule has 18 heavy (non-hydrogen) atoms. The molecule has 0 aromatic heterocycles.